The number of likely N-dealkylation sites (N-methyl/N-ethyl adjacent to an activating group) is 1. The van der Waals surface area contributed by atoms with Crippen LogP contribution in [0.1, 0.15) is 11.3 Å². The lowest BCUT2D eigenvalue weighted by Gasteiger charge is -2.32. The minimum absolute atomic E-state index is 0.128. The zero-order valence-corrected chi connectivity index (χ0v) is 20.1. The summed E-state index contributed by atoms with van der Waals surface area (Å²) in [5.41, 5.74) is 1.97. The van der Waals surface area contributed by atoms with Crippen molar-refractivity contribution < 1.29 is 28.2 Å². The molecule has 1 aromatic carbocycles. The van der Waals surface area contributed by atoms with Crippen molar-refractivity contribution in [2.24, 2.45) is 0 Å². The first-order chi connectivity index (χ1) is 17.2. The van der Waals surface area contributed by atoms with Gasteiger partial charge in [-0.1, -0.05) is 0 Å². The number of piperazine rings is 1. The lowest BCUT2D eigenvalue weighted by Crippen LogP contribution is -2.49. The maximum absolute atomic E-state index is 15.5. The molecule has 2 aliphatic heterocycles. The zero-order valence-electron chi connectivity index (χ0n) is 20.1. The maximum atomic E-state index is 15.5. The van der Waals surface area contributed by atoms with E-state index in [1.165, 1.54) is 21.9 Å². The molecule has 2 fully saturated rings. The van der Waals surface area contributed by atoms with Gasteiger partial charge in [0.25, 0.3) is 0 Å². The second-order valence-electron chi connectivity index (χ2n) is 9.33. The number of pyridine rings is 1. The molecule has 36 heavy (non-hydrogen) atoms. The number of carboxylic acid groups (broad SMARTS) is 1. The topological polar surface area (TPSA) is 90.6 Å². The molecule has 4 heterocycles. The van der Waals surface area contributed by atoms with Gasteiger partial charge in [-0.25, -0.2) is 18.6 Å². The van der Waals surface area contributed by atoms with Crippen LogP contribution in [0.15, 0.2) is 30.5 Å². The molecule has 190 valence electrons. The molecule has 2 aliphatic rings. The Morgan fingerprint density at radius 1 is 1.19 bits per heavy atom. The van der Waals surface area contributed by atoms with E-state index in [1.807, 2.05) is 31.0 Å². The smallest absolute Gasteiger partial charge is 0.407 e. The van der Waals surface area contributed by atoms with E-state index in [0.717, 1.165) is 5.56 Å². The second-order valence-corrected chi connectivity index (χ2v) is 9.33. The van der Waals surface area contributed by atoms with Crippen molar-refractivity contribution in [2.75, 3.05) is 51.3 Å². The number of nitrogens with zero attached hydrogens (tertiary/aromatic N) is 5. The van der Waals surface area contributed by atoms with Crippen LogP contribution in [0.4, 0.5) is 19.3 Å². The van der Waals surface area contributed by atoms with Gasteiger partial charge < -0.3 is 24.0 Å². The largest absolute Gasteiger partial charge is 0.465 e. The van der Waals surface area contributed by atoms with E-state index in [2.05, 4.69) is 4.98 Å². The standard InChI is InChI=1S/C25H27F2N5O4/c1-15-3-4-32-20(12-17-13-30(25(34)35)7-8-36-17)24(28-21(32)9-15)23-18(26)10-16(11-19(23)27)31-6-5-29(2)14-22(31)33/h3-4,9-11,17H,5-8,12-14H2,1-2H3,(H,34,35). The Labute approximate surface area is 206 Å². The summed E-state index contributed by atoms with van der Waals surface area (Å²) in [6.07, 6.45) is 0.453. The van der Waals surface area contributed by atoms with E-state index in [1.54, 1.807) is 10.6 Å². The van der Waals surface area contributed by atoms with Gasteiger partial charge in [0.15, 0.2) is 0 Å². The Bertz CT molecular complexity index is 1320. The van der Waals surface area contributed by atoms with Crippen LogP contribution >= 0.6 is 0 Å². The fourth-order valence-electron chi connectivity index (χ4n) is 4.83. The summed E-state index contributed by atoms with van der Waals surface area (Å²) in [6, 6.07) is 6.02. The fraction of sp³-hybridized carbons (Fsp3) is 0.400. The van der Waals surface area contributed by atoms with E-state index >= 15 is 8.78 Å². The highest BCUT2D eigenvalue weighted by Gasteiger charge is 2.30. The van der Waals surface area contributed by atoms with E-state index in [0.29, 0.717) is 24.4 Å². The first kappa shape index (κ1) is 24.1. The minimum Gasteiger partial charge on any atom is -0.465 e. The highest BCUT2D eigenvalue weighted by Crippen LogP contribution is 2.34. The highest BCUT2D eigenvalue weighted by molar-refractivity contribution is 5.95. The second kappa shape index (κ2) is 9.47. The van der Waals surface area contributed by atoms with E-state index < -0.39 is 23.8 Å². The predicted octanol–water partition coefficient (Wildman–Crippen LogP) is 2.79. The summed E-state index contributed by atoms with van der Waals surface area (Å²) >= 11 is 0. The lowest BCUT2D eigenvalue weighted by atomic mass is 10.0. The van der Waals surface area contributed by atoms with Crippen molar-refractivity contribution in [3.8, 4) is 11.3 Å². The van der Waals surface area contributed by atoms with Gasteiger partial charge in [0.2, 0.25) is 5.91 Å². The number of hydrogen-bond donors (Lipinski definition) is 1. The van der Waals surface area contributed by atoms with Crippen molar-refractivity contribution in [1.82, 2.24) is 19.2 Å². The minimum atomic E-state index is -1.04. The van der Waals surface area contributed by atoms with Gasteiger partial charge in [-0.2, -0.15) is 0 Å². The number of fused-ring (bicyclic) bond motifs is 1. The molecule has 1 unspecified atom stereocenters. The summed E-state index contributed by atoms with van der Waals surface area (Å²) in [7, 11) is 1.82. The number of imidazole rings is 1. The molecule has 0 bridgehead atoms. The van der Waals surface area contributed by atoms with Crippen LogP contribution in [-0.4, -0.2) is 88.8 Å². The van der Waals surface area contributed by atoms with E-state index in [-0.39, 0.29) is 55.5 Å². The molecule has 0 radical (unpaired) electrons. The van der Waals surface area contributed by atoms with Crippen molar-refractivity contribution >= 4 is 23.3 Å². The SMILES string of the molecule is Cc1ccn2c(CC3CN(C(=O)O)CCO3)c(-c3c(F)cc(N4CCN(C)CC4=O)cc3F)nc2c1. The molecular formula is C25H27F2N5O4. The molecule has 2 saturated heterocycles. The number of rotatable bonds is 4. The van der Waals surface area contributed by atoms with Gasteiger partial charge in [0.1, 0.15) is 17.3 Å². The van der Waals surface area contributed by atoms with Gasteiger partial charge >= 0.3 is 6.09 Å². The van der Waals surface area contributed by atoms with Gasteiger partial charge in [0, 0.05) is 37.9 Å². The lowest BCUT2D eigenvalue weighted by molar-refractivity contribution is -0.120. The van der Waals surface area contributed by atoms with Crippen LogP contribution in [0.25, 0.3) is 16.9 Å². The Morgan fingerprint density at radius 3 is 2.64 bits per heavy atom. The van der Waals surface area contributed by atoms with Crippen LogP contribution in [0.2, 0.25) is 0 Å². The third-order valence-electron chi connectivity index (χ3n) is 6.70. The van der Waals surface area contributed by atoms with Crippen LogP contribution in [0.5, 0.6) is 0 Å². The summed E-state index contributed by atoms with van der Waals surface area (Å²) in [5, 5.41) is 9.38. The number of carbonyl (C=O) groups excluding carboxylic acids is 1. The van der Waals surface area contributed by atoms with Gasteiger partial charge in [-0.3, -0.25) is 9.69 Å². The normalized spacial score (nSPS) is 19.3. The quantitative estimate of drug-likeness (QED) is 0.594. The molecule has 2 aromatic heterocycles. The molecule has 11 heteroatoms. The van der Waals surface area contributed by atoms with E-state index in [9.17, 15) is 14.7 Å². The molecule has 1 atom stereocenters. The number of halogens is 2. The highest BCUT2D eigenvalue weighted by atomic mass is 19.1. The third-order valence-corrected chi connectivity index (χ3v) is 6.70. The van der Waals surface area contributed by atoms with Crippen LogP contribution in [-0.2, 0) is 16.0 Å². The first-order valence-corrected chi connectivity index (χ1v) is 11.8. The van der Waals surface area contributed by atoms with Gasteiger partial charge in [-0.05, 0) is 43.8 Å². The number of aromatic nitrogens is 2. The number of hydrogen-bond acceptors (Lipinski definition) is 5. The Kier molecular flexibility index (Phi) is 6.35. The number of ether oxygens (including phenoxy) is 1. The van der Waals surface area contributed by atoms with Gasteiger partial charge in [-0.15, -0.1) is 0 Å². The number of aryl methyl sites for hydroxylation is 1. The number of anilines is 1. The third kappa shape index (κ3) is 4.51. The van der Waals surface area contributed by atoms with Crippen LogP contribution in [0, 0.1) is 18.6 Å². The molecule has 3 aromatic rings. The molecule has 0 aliphatic carbocycles. The molecule has 0 spiro atoms. The van der Waals surface area contributed by atoms with Crippen LogP contribution in [0.3, 0.4) is 0 Å². The number of morpholine rings is 1. The van der Waals surface area contributed by atoms with Crippen molar-refractivity contribution in [3.63, 3.8) is 0 Å². The summed E-state index contributed by atoms with van der Waals surface area (Å²) < 4.78 is 38.6. The average molecular weight is 500 g/mol. The van der Waals surface area contributed by atoms with Crippen molar-refractivity contribution in [2.45, 2.75) is 19.4 Å². The van der Waals surface area contributed by atoms with Gasteiger partial charge in [0.05, 0.1) is 42.8 Å². The fourth-order valence-corrected chi connectivity index (χ4v) is 4.83. The number of amides is 2. The Morgan fingerprint density at radius 2 is 1.94 bits per heavy atom. The zero-order chi connectivity index (χ0) is 25.6. The first-order valence-electron chi connectivity index (χ1n) is 11.8. The average Bonchev–Trinajstić information content (AvgIpc) is 3.15. The summed E-state index contributed by atoms with van der Waals surface area (Å²) in [6.45, 7) is 3.65. The molecular weight excluding hydrogens is 472 g/mol. The summed E-state index contributed by atoms with van der Waals surface area (Å²) in [5.74, 6) is -1.87. The molecule has 2 amide bonds. The molecule has 9 nitrogen and oxygen atoms in total. The summed E-state index contributed by atoms with van der Waals surface area (Å²) in [4.78, 5) is 33.0. The number of carbonyl (C=O) groups is 2. The van der Waals surface area contributed by atoms with Crippen LogP contribution < -0.4 is 4.90 Å². The maximum Gasteiger partial charge on any atom is 0.407 e. The Hall–Kier alpha value is -3.57. The molecule has 0 saturated carbocycles. The van der Waals surface area contributed by atoms with Crippen molar-refractivity contribution in [1.29, 1.82) is 0 Å². The van der Waals surface area contributed by atoms with Crippen molar-refractivity contribution in [3.05, 3.63) is 53.4 Å². The monoisotopic (exact) mass is 499 g/mol. The molecule has 1 N–H and O–H groups in total. The number of benzene rings is 1. The predicted molar refractivity (Wildman–Crippen MR) is 128 cm³/mol. The Balaban J connectivity index is 1.56. The molecule has 5 rings (SSSR count). The van der Waals surface area contributed by atoms with E-state index in [4.69, 9.17) is 4.74 Å².